The van der Waals surface area contributed by atoms with Crippen LogP contribution in [0.1, 0.15) is 10.6 Å². The van der Waals surface area contributed by atoms with E-state index >= 15 is 0 Å². The minimum absolute atomic E-state index is 0.0619. The summed E-state index contributed by atoms with van der Waals surface area (Å²) in [6.45, 7) is 1.93. The van der Waals surface area contributed by atoms with Crippen molar-refractivity contribution in [2.24, 2.45) is 0 Å². The van der Waals surface area contributed by atoms with Crippen molar-refractivity contribution >= 4 is 21.2 Å². The molecule has 2 aromatic carbocycles. The number of rotatable bonds is 4. The van der Waals surface area contributed by atoms with Gasteiger partial charge in [0.2, 0.25) is 0 Å². The molecular weight excluding hydrogens is 314 g/mol. The van der Waals surface area contributed by atoms with Crippen LogP contribution in [-0.4, -0.2) is 13.4 Å². The molecule has 22 heavy (non-hydrogen) atoms. The Morgan fingerprint density at radius 1 is 1.00 bits per heavy atom. The Bertz CT molecular complexity index is 867. The number of hydrogen-bond donors (Lipinski definition) is 0. The second kappa shape index (κ2) is 6.02. The molecule has 3 nitrogen and oxygen atoms in total. The van der Waals surface area contributed by atoms with Gasteiger partial charge in [-0.25, -0.2) is 13.4 Å². The van der Waals surface area contributed by atoms with E-state index in [4.69, 9.17) is 0 Å². The summed E-state index contributed by atoms with van der Waals surface area (Å²) >= 11 is 1.38. The minimum Gasteiger partial charge on any atom is -0.240 e. The van der Waals surface area contributed by atoms with Crippen LogP contribution >= 0.6 is 11.3 Å². The van der Waals surface area contributed by atoms with Crippen LogP contribution in [0, 0.1) is 6.92 Å². The van der Waals surface area contributed by atoms with Gasteiger partial charge >= 0.3 is 0 Å². The molecule has 3 aromatic rings. The Morgan fingerprint density at radius 3 is 2.36 bits per heavy atom. The lowest BCUT2D eigenvalue weighted by Gasteiger charge is -2.02. The van der Waals surface area contributed by atoms with Gasteiger partial charge in [0.25, 0.3) is 0 Å². The maximum absolute atomic E-state index is 12.4. The smallest absolute Gasteiger partial charge is 0.184 e. The van der Waals surface area contributed by atoms with Crippen molar-refractivity contribution in [3.8, 4) is 11.3 Å². The van der Waals surface area contributed by atoms with Crippen LogP contribution in [0.2, 0.25) is 0 Å². The molecule has 0 fully saturated rings. The second-order valence-corrected chi connectivity index (χ2v) is 8.00. The lowest BCUT2D eigenvalue weighted by Crippen LogP contribution is -2.04. The van der Waals surface area contributed by atoms with Crippen molar-refractivity contribution in [2.75, 3.05) is 0 Å². The van der Waals surface area contributed by atoms with Gasteiger partial charge in [-0.05, 0) is 19.1 Å². The molecule has 0 spiro atoms. The van der Waals surface area contributed by atoms with Crippen LogP contribution in [0.3, 0.4) is 0 Å². The molecule has 1 aromatic heterocycles. The van der Waals surface area contributed by atoms with Crippen LogP contribution in [0.5, 0.6) is 0 Å². The van der Waals surface area contributed by atoms with Crippen LogP contribution < -0.4 is 0 Å². The summed E-state index contributed by atoms with van der Waals surface area (Å²) in [6.07, 6.45) is 0. The number of benzene rings is 2. The molecule has 1 heterocycles. The van der Waals surface area contributed by atoms with Crippen molar-refractivity contribution in [1.82, 2.24) is 4.98 Å². The molecule has 0 bridgehead atoms. The summed E-state index contributed by atoms with van der Waals surface area (Å²) in [7, 11) is -3.35. The first-order chi connectivity index (χ1) is 10.5. The highest BCUT2D eigenvalue weighted by atomic mass is 32.2. The molecule has 0 unspecified atom stereocenters. The Kier molecular flexibility index (Phi) is 4.09. The molecule has 0 N–H and O–H groups in total. The van der Waals surface area contributed by atoms with Gasteiger partial charge < -0.3 is 0 Å². The summed E-state index contributed by atoms with van der Waals surface area (Å²) in [5.41, 5.74) is 2.86. The second-order valence-electron chi connectivity index (χ2n) is 5.06. The quantitative estimate of drug-likeness (QED) is 0.724. The number of hydrogen-bond acceptors (Lipinski definition) is 4. The predicted octanol–water partition coefficient (Wildman–Crippen LogP) is 4.09. The SMILES string of the molecule is Cc1ccc(S(=O)(=O)Cc2nc(-c3ccccc3)cs2)cc1. The van der Waals surface area contributed by atoms with E-state index in [0.29, 0.717) is 9.90 Å². The monoisotopic (exact) mass is 329 g/mol. The standard InChI is InChI=1S/C17H15NO2S2/c1-13-7-9-15(10-8-13)22(19,20)12-17-18-16(11-21-17)14-5-3-2-4-6-14/h2-11H,12H2,1H3. The van der Waals surface area contributed by atoms with E-state index in [1.165, 1.54) is 11.3 Å². The average molecular weight is 329 g/mol. The van der Waals surface area contributed by atoms with Crippen LogP contribution in [0.25, 0.3) is 11.3 Å². The summed E-state index contributed by atoms with van der Waals surface area (Å²) in [5, 5.41) is 2.51. The van der Waals surface area contributed by atoms with Crippen molar-refractivity contribution < 1.29 is 8.42 Å². The zero-order valence-corrected chi connectivity index (χ0v) is 13.7. The topological polar surface area (TPSA) is 47.0 Å². The van der Waals surface area contributed by atoms with E-state index in [1.54, 1.807) is 12.1 Å². The summed E-state index contributed by atoms with van der Waals surface area (Å²) < 4.78 is 24.9. The summed E-state index contributed by atoms with van der Waals surface area (Å²) in [5.74, 6) is -0.0619. The van der Waals surface area contributed by atoms with E-state index in [2.05, 4.69) is 4.98 Å². The molecule has 0 aliphatic carbocycles. The van der Waals surface area contributed by atoms with Crippen LogP contribution in [0.4, 0.5) is 0 Å². The third-order valence-electron chi connectivity index (χ3n) is 3.31. The van der Waals surface area contributed by atoms with Gasteiger partial charge in [0.1, 0.15) is 10.8 Å². The average Bonchev–Trinajstić information content (AvgIpc) is 2.96. The van der Waals surface area contributed by atoms with Gasteiger partial charge in [0.05, 0.1) is 10.6 Å². The minimum atomic E-state index is -3.35. The van der Waals surface area contributed by atoms with Gasteiger partial charge in [-0.3, -0.25) is 0 Å². The van der Waals surface area contributed by atoms with E-state index in [1.807, 2.05) is 54.8 Å². The fourth-order valence-corrected chi connectivity index (χ4v) is 4.54. The predicted molar refractivity (Wildman–Crippen MR) is 89.6 cm³/mol. The maximum Gasteiger partial charge on any atom is 0.184 e. The van der Waals surface area contributed by atoms with E-state index < -0.39 is 9.84 Å². The molecule has 0 aliphatic heterocycles. The molecule has 0 aliphatic rings. The fraction of sp³-hybridized carbons (Fsp3) is 0.118. The Hall–Kier alpha value is -1.98. The van der Waals surface area contributed by atoms with Crippen molar-refractivity contribution in [1.29, 1.82) is 0 Å². The molecular formula is C17H15NO2S2. The largest absolute Gasteiger partial charge is 0.240 e. The highest BCUT2D eigenvalue weighted by Gasteiger charge is 2.17. The Labute approximate surface area is 134 Å². The number of nitrogens with zero attached hydrogens (tertiary/aromatic N) is 1. The molecule has 3 rings (SSSR count). The van der Waals surface area contributed by atoms with E-state index in [-0.39, 0.29) is 5.75 Å². The Morgan fingerprint density at radius 2 is 1.68 bits per heavy atom. The van der Waals surface area contributed by atoms with Gasteiger partial charge in [-0.2, -0.15) is 0 Å². The number of aryl methyl sites for hydroxylation is 1. The van der Waals surface area contributed by atoms with Gasteiger partial charge in [-0.15, -0.1) is 11.3 Å². The zero-order chi connectivity index (χ0) is 15.6. The lowest BCUT2D eigenvalue weighted by molar-refractivity contribution is 0.595. The molecule has 0 radical (unpaired) electrons. The first kappa shape index (κ1) is 14.9. The Balaban J connectivity index is 1.84. The normalized spacial score (nSPS) is 11.5. The summed E-state index contributed by atoms with van der Waals surface area (Å²) in [6, 6.07) is 16.7. The van der Waals surface area contributed by atoms with Crippen LogP contribution in [-0.2, 0) is 15.6 Å². The molecule has 0 saturated carbocycles. The van der Waals surface area contributed by atoms with Crippen molar-refractivity contribution in [3.05, 3.63) is 70.5 Å². The van der Waals surface area contributed by atoms with Gasteiger partial charge in [0.15, 0.2) is 9.84 Å². The molecule has 0 atom stereocenters. The zero-order valence-electron chi connectivity index (χ0n) is 12.1. The first-order valence-electron chi connectivity index (χ1n) is 6.84. The molecule has 0 amide bonds. The van der Waals surface area contributed by atoms with E-state index in [9.17, 15) is 8.42 Å². The van der Waals surface area contributed by atoms with Crippen LogP contribution in [0.15, 0.2) is 64.9 Å². The number of sulfone groups is 1. The summed E-state index contributed by atoms with van der Waals surface area (Å²) in [4.78, 5) is 4.79. The maximum atomic E-state index is 12.4. The highest BCUT2D eigenvalue weighted by Crippen LogP contribution is 2.24. The third-order valence-corrected chi connectivity index (χ3v) is 5.99. The van der Waals surface area contributed by atoms with Gasteiger partial charge in [0, 0.05) is 10.9 Å². The fourth-order valence-electron chi connectivity index (χ4n) is 2.11. The molecule has 5 heteroatoms. The molecule has 112 valence electrons. The molecule has 0 saturated heterocycles. The van der Waals surface area contributed by atoms with E-state index in [0.717, 1.165) is 16.8 Å². The number of aromatic nitrogens is 1. The van der Waals surface area contributed by atoms with Crippen molar-refractivity contribution in [2.45, 2.75) is 17.6 Å². The third kappa shape index (κ3) is 3.26. The first-order valence-corrected chi connectivity index (χ1v) is 9.37. The number of thiazole rings is 1. The lowest BCUT2D eigenvalue weighted by atomic mass is 10.2. The van der Waals surface area contributed by atoms with Gasteiger partial charge in [-0.1, -0.05) is 48.0 Å². The van der Waals surface area contributed by atoms with Crippen molar-refractivity contribution in [3.63, 3.8) is 0 Å². The highest BCUT2D eigenvalue weighted by molar-refractivity contribution is 7.90.